The number of hydrogen-bond acceptors (Lipinski definition) is 2. The number of para-hydroxylation sites is 2. The quantitative estimate of drug-likeness (QED) is 0.0767. The van der Waals surface area contributed by atoms with E-state index < -0.39 is 85.2 Å². The van der Waals surface area contributed by atoms with Gasteiger partial charge in [0.05, 0.1) is 22.0 Å². The summed E-state index contributed by atoms with van der Waals surface area (Å²) in [6.45, 7) is 14.1. The number of anilines is 2. The smallest absolute Gasteiger partial charge is 0.200 e. The number of hydrogen-bond donors (Lipinski definition) is 0. The summed E-state index contributed by atoms with van der Waals surface area (Å²) in [6, 6.07) is 9.89. The van der Waals surface area contributed by atoms with E-state index in [1.807, 2.05) is 0 Å². The van der Waals surface area contributed by atoms with Crippen molar-refractivity contribution in [1.82, 2.24) is 0 Å². The van der Waals surface area contributed by atoms with Gasteiger partial charge in [-0.1, -0.05) is 91.8 Å². The zero-order chi connectivity index (χ0) is 37.3. The van der Waals surface area contributed by atoms with Gasteiger partial charge in [-0.05, 0) is 45.9 Å². The highest BCUT2D eigenvalue weighted by Crippen LogP contribution is 2.80. The number of halogens is 10. The molecule has 1 saturated heterocycles. The monoisotopic (exact) mass is 746 g/mol. The molecule has 50 heavy (non-hydrogen) atoms. The van der Waals surface area contributed by atoms with Crippen LogP contribution < -0.4 is 19.5 Å². The summed E-state index contributed by atoms with van der Waals surface area (Å²) in [6.07, 6.45) is 0. The molecule has 0 aromatic heterocycles. The van der Waals surface area contributed by atoms with E-state index in [1.165, 1.54) is 0 Å². The van der Waals surface area contributed by atoms with Crippen LogP contribution in [0.3, 0.4) is 0 Å². The van der Waals surface area contributed by atoms with Gasteiger partial charge in [0.25, 0.3) is 0 Å². The van der Waals surface area contributed by atoms with Crippen LogP contribution in [0.1, 0.15) is 101 Å². The predicted octanol–water partition coefficient (Wildman–Crippen LogP) is 12.2. The molecule has 1 aliphatic rings. The Balaban J connectivity index is 2.07. The van der Waals surface area contributed by atoms with Gasteiger partial charge >= 0.3 is 0 Å². The minimum absolute atomic E-state index is 0.145. The normalized spacial score (nSPS) is 16.4. The summed E-state index contributed by atoms with van der Waals surface area (Å²) in [7, 11) is -6.02. The Hall–Kier alpha value is -3.36. The van der Waals surface area contributed by atoms with Gasteiger partial charge in [0.1, 0.15) is 16.4 Å². The third-order valence-electron chi connectivity index (χ3n) is 8.58. The molecule has 0 unspecified atom stereocenters. The summed E-state index contributed by atoms with van der Waals surface area (Å²) in [5, 5.41) is -2.55. The molecular weight excluding hydrogens is 712 g/mol. The Labute approximate surface area is 286 Å². The Morgan fingerprint density at radius 2 is 0.560 bits per heavy atom. The molecule has 4 aromatic rings. The second kappa shape index (κ2) is 14.0. The lowest BCUT2D eigenvalue weighted by molar-refractivity contribution is 0.384. The Morgan fingerprint density at radius 3 is 0.760 bits per heavy atom. The highest BCUT2D eigenvalue weighted by molar-refractivity contribution is 8.01. The fourth-order valence-electron chi connectivity index (χ4n) is 6.07. The number of benzene rings is 4. The first kappa shape index (κ1) is 37.9. The summed E-state index contributed by atoms with van der Waals surface area (Å²) in [5.74, 6) is -24.0. The van der Waals surface area contributed by atoms with Crippen LogP contribution in [0.4, 0.5) is 55.3 Å². The second-order valence-electron chi connectivity index (χ2n) is 13.2. The molecule has 0 N–H and O–H groups in total. The zero-order valence-electron chi connectivity index (χ0n) is 28.3. The molecule has 0 bridgehead atoms. The molecule has 268 valence electrons. The minimum Gasteiger partial charge on any atom is -0.286 e. The van der Waals surface area contributed by atoms with Gasteiger partial charge < -0.3 is 0 Å². The summed E-state index contributed by atoms with van der Waals surface area (Å²) in [4.78, 5) is 0. The molecule has 1 aliphatic heterocycles. The standard InChI is InChI=1S/C36H34F10N2P2/c1-15(2)19-11-9-12-20(16(3)4)33(19)47-49(35-29(43)25(39)23(37)26(40)30(35)44)48(34-21(17(5)6)13-10-14-22(34)18(7)8)50(47)36-31(45)27(41)24(38)28(42)32(36)46/h9-18H,1-8H3. The van der Waals surface area contributed by atoms with E-state index in [0.717, 1.165) is 8.88 Å². The van der Waals surface area contributed by atoms with E-state index in [-0.39, 0.29) is 35.0 Å². The fraction of sp³-hybridized carbons (Fsp3) is 0.333. The third-order valence-corrected chi connectivity index (χ3v) is 14.4. The van der Waals surface area contributed by atoms with Crippen molar-refractivity contribution in [3.8, 4) is 0 Å². The van der Waals surface area contributed by atoms with Crippen LogP contribution in [0, 0.1) is 58.2 Å². The van der Waals surface area contributed by atoms with Crippen LogP contribution in [0.25, 0.3) is 0 Å². The van der Waals surface area contributed by atoms with Crippen molar-refractivity contribution < 1.29 is 43.9 Å². The number of nitrogens with zero attached hydrogens (tertiary/aromatic N) is 2. The molecule has 0 aliphatic carbocycles. The van der Waals surface area contributed by atoms with Gasteiger partial charge in [0.15, 0.2) is 46.5 Å². The summed E-state index contributed by atoms with van der Waals surface area (Å²) < 4.78 is 156. The zero-order valence-corrected chi connectivity index (χ0v) is 30.1. The molecule has 0 radical (unpaired) electrons. The van der Waals surface area contributed by atoms with Crippen LogP contribution >= 0.6 is 16.4 Å². The average molecular weight is 747 g/mol. The van der Waals surface area contributed by atoms with E-state index in [1.54, 1.807) is 91.8 Å². The maximum atomic E-state index is 16.1. The molecule has 1 heterocycles. The van der Waals surface area contributed by atoms with E-state index in [2.05, 4.69) is 0 Å². The lowest BCUT2D eigenvalue weighted by Crippen LogP contribution is -2.49. The van der Waals surface area contributed by atoms with Crippen molar-refractivity contribution in [2.24, 2.45) is 0 Å². The van der Waals surface area contributed by atoms with Gasteiger partial charge in [-0.25, -0.2) is 43.9 Å². The minimum atomic E-state index is -3.01. The lowest BCUT2D eigenvalue weighted by atomic mass is 9.93. The van der Waals surface area contributed by atoms with Crippen molar-refractivity contribution in [2.45, 2.75) is 79.1 Å². The van der Waals surface area contributed by atoms with Gasteiger partial charge in [-0.2, -0.15) is 0 Å². The van der Waals surface area contributed by atoms with E-state index in [4.69, 9.17) is 0 Å². The molecule has 0 atom stereocenters. The molecule has 4 aromatic carbocycles. The topological polar surface area (TPSA) is 6.48 Å². The predicted molar refractivity (Wildman–Crippen MR) is 180 cm³/mol. The van der Waals surface area contributed by atoms with Crippen molar-refractivity contribution in [3.63, 3.8) is 0 Å². The van der Waals surface area contributed by atoms with E-state index >= 15 is 35.1 Å². The SMILES string of the molecule is CC(C)c1cccc(C(C)C)c1N1P(c2c(F)c(F)c(F)c(F)c2F)N(c2c(C(C)C)cccc2C(C)C)P1c1c(F)c(F)c(F)c(F)c1F. The fourth-order valence-corrected chi connectivity index (χ4v) is 12.7. The Morgan fingerprint density at radius 1 is 0.360 bits per heavy atom. The van der Waals surface area contributed by atoms with Crippen LogP contribution in [0.15, 0.2) is 36.4 Å². The van der Waals surface area contributed by atoms with Crippen molar-refractivity contribution in [1.29, 1.82) is 0 Å². The Bertz CT molecular complexity index is 1720. The second-order valence-corrected chi connectivity index (χ2v) is 17.5. The maximum absolute atomic E-state index is 16.1. The van der Waals surface area contributed by atoms with Crippen LogP contribution in [-0.2, 0) is 0 Å². The van der Waals surface area contributed by atoms with Gasteiger partial charge in [0.2, 0.25) is 11.6 Å². The molecule has 14 heteroatoms. The molecular formula is C36H34F10N2P2. The first-order valence-electron chi connectivity index (χ1n) is 15.8. The van der Waals surface area contributed by atoms with Crippen LogP contribution in [0.2, 0.25) is 0 Å². The first-order valence-corrected chi connectivity index (χ1v) is 18.3. The van der Waals surface area contributed by atoms with E-state index in [9.17, 15) is 8.78 Å². The van der Waals surface area contributed by atoms with Gasteiger partial charge in [-0.15, -0.1) is 0 Å². The Kier molecular flexibility index (Phi) is 10.6. The molecule has 0 spiro atoms. The van der Waals surface area contributed by atoms with Crippen molar-refractivity contribution >= 4 is 38.4 Å². The largest absolute Gasteiger partial charge is 0.286 e. The number of rotatable bonds is 8. The van der Waals surface area contributed by atoms with Crippen LogP contribution in [-0.4, -0.2) is 0 Å². The molecule has 1 fully saturated rings. The van der Waals surface area contributed by atoms with Crippen molar-refractivity contribution in [3.05, 3.63) is 117 Å². The molecule has 0 saturated carbocycles. The van der Waals surface area contributed by atoms with Gasteiger partial charge in [-0.3, -0.25) is 8.88 Å². The highest BCUT2D eigenvalue weighted by Gasteiger charge is 2.57. The van der Waals surface area contributed by atoms with Gasteiger partial charge in [0, 0.05) is 0 Å². The summed E-state index contributed by atoms with van der Waals surface area (Å²) in [5.41, 5.74) is 2.14. The highest BCUT2D eigenvalue weighted by atomic mass is 31.3. The van der Waals surface area contributed by atoms with Crippen molar-refractivity contribution in [2.75, 3.05) is 8.88 Å². The molecule has 0 amide bonds. The van der Waals surface area contributed by atoms with Crippen LogP contribution in [0.5, 0.6) is 0 Å². The lowest BCUT2D eigenvalue weighted by Gasteiger charge is -2.60. The maximum Gasteiger partial charge on any atom is 0.200 e. The summed E-state index contributed by atoms with van der Waals surface area (Å²) >= 11 is 0. The third kappa shape index (κ3) is 5.84. The van der Waals surface area contributed by atoms with E-state index in [0.29, 0.717) is 22.3 Å². The molecule has 2 nitrogen and oxygen atoms in total. The first-order chi connectivity index (χ1) is 23.4. The molecule has 5 rings (SSSR count). The average Bonchev–Trinajstić information content (AvgIpc) is 3.06.